The molecule has 6 nitrogen and oxygen atoms in total. The Balaban J connectivity index is 0.000000192. The monoisotopic (exact) mass is 496 g/mol. The molecular weight excluding hydrogens is 483 g/mol. The molecule has 0 atom stereocenters. The lowest BCUT2D eigenvalue weighted by atomic mass is 10.2. The number of pyridine rings is 2. The molecule has 0 fully saturated rings. The fourth-order valence-electron chi connectivity index (χ4n) is 2.03. The highest BCUT2D eigenvalue weighted by molar-refractivity contribution is 6.32. The number of nitrogens with zero attached hydrogens (tertiary/aromatic N) is 4. The second-order valence-electron chi connectivity index (χ2n) is 6.01. The van der Waals surface area contributed by atoms with Gasteiger partial charge in [0, 0.05) is 18.5 Å². The zero-order chi connectivity index (χ0) is 24.1. The zero-order valence-corrected chi connectivity index (χ0v) is 19.1. The summed E-state index contributed by atoms with van der Waals surface area (Å²) in [6, 6.07) is 23.6. The summed E-state index contributed by atoms with van der Waals surface area (Å²) in [6.07, 6.45) is 3.02. The summed E-state index contributed by atoms with van der Waals surface area (Å²) in [5.74, 6) is 1.29. The minimum atomic E-state index is 0.189. The van der Waals surface area contributed by atoms with E-state index >= 15 is 0 Å². The zero-order valence-electron chi connectivity index (χ0n) is 16.9. The molecule has 4 rings (SSSR count). The number of phenols is 1. The summed E-state index contributed by atoms with van der Waals surface area (Å²) in [5, 5.41) is 27.3. The van der Waals surface area contributed by atoms with Crippen molar-refractivity contribution in [3.8, 4) is 29.5 Å². The average molecular weight is 498 g/mol. The van der Waals surface area contributed by atoms with Crippen molar-refractivity contribution in [3.63, 3.8) is 0 Å². The first-order chi connectivity index (χ1) is 15.9. The molecule has 0 saturated heterocycles. The predicted molar refractivity (Wildman–Crippen MR) is 128 cm³/mol. The molecule has 0 aliphatic heterocycles. The van der Waals surface area contributed by atoms with Crippen LogP contribution in [0, 0.1) is 22.7 Å². The van der Waals surface area contributed by atoms with Crippen LogP contribution in [-0.2, 0) is 0 Å². The van der Waals surface area contributed by atoms with Crippen LogP contribution in [0.25, 0.3) is 0 Å². The molecule has 0 aliphatic carbocycles. The summed E-state index contributed by atoms with van der Waals surface area (Å²) in [6.45, 7) is 0. The maximum absolute atomic E-state index is 8.74. The molecule has 33 heavy (non-hydrogen) atoms. The van der Waals surface area contributed by atoms with E-state index < -0.39 is 0 Å². The Morgan fingerprint density at radius 3 is 1.61 bits per heavy atom. The van der Waals surface area contributed by atoms with Crippen LogP contribution in [0.3, 0.4) is 0 Å². The van der Waals surface area contributed by atoms with Gasteiger partial charge in [-0.1, -0.05) is 34.8 Å². The van der Waals surface area contributed by atoms with Crippen molar-refractivity contribution in [2.24, 2.45) is 0 Å². The van der Waals surface area contributed by atoms with Crippen molar-refractivity contribution in [1.29, 1.82) is 10.5 Å². The van der Waals surface area contributed by atoms with Gasteiger partial charge in [0.25, 0.3) is 0 Å². The number of rotatable bonds is 2. The van der Waals surface area contributed by atoms with Crippen molar-refractivity contribution in [2.45, 2.75) is 0 Å². The Morgan fingerprint density at radius 2 is 1.18 bits per heavy atom. The van der Waals surface area contributed by atoms with Gasteiger partial charge in [-0.3, -0.25) is 0 Å². The Bertz CT molecular complexity index is 1200. The Kier molecular flexibility index (Phi) is 10.5. The number of aromatic nitrogens is 2. The lowest BCUT2D eigenvalue weighted by Gasteiger charge is -2.03. The largest absolute Gasteiger partial charge is 0.508 e. The van der Waals surface area contributed by atoms with E-state index in [0.717, 1.165) is 0 Å². The van der Waals surface area contributed by atoms with Crippen LogP contribution in [0.5, 0.6) is 17.4 Å². The van der Waals surface area contributed by atoms with E-state index in [1.54, 1.807) is 60.7 Å². The van der Waals surface area contributed by atoms with Gasteiger partial charge in [0.2, 0.25) is 5.88 Å². The maximum Gasteiger partial charge on any atom is 0.219 e. The molecule has 0 radical (unpaired) electrons. The Morgan fingerprint density at radius 1 is 0.667 bits per heavy atom. The first-order valence-corrected chi connectivity index (χ1v) is 10.3. The molecule has 0 unspecified atom stereocenters. The molecule has 4 aromatic rings. The van der Waals surface area contributed by atoms with Gasteiger partial charge in [-0.05, 0) is 66.7 Å². The fourth-order valence-corrected chi connectivity index (χ4v) is 2.37. The summed E-state index contributed by atoms with van der Waals surface area (Å²) in [5.41, 5.74) is 1.16. The van der Waals surface area contributed by atoms with Gasteiger partial charge >= 0.3 is 0 Å². The highest BCUT2D eigenvalue weighted by Gasteiger charge is 1.98. The van der Waals surface area contributed by atoms with E-state index in [-0.39, 0.29) is 5.75 Å². The summed E-state index contributed by atoms with van der Waals surface area (Å²) >= 11 is 16.6. The smallest absolute Gasteiger partial charge is 0.219 e. The van der Waals surface area contributed by atoms with Gasteiger partial charge in [-0.2, -0.15) is 10.5 Å². The number of aromatic hydroxyl groups is 1. The number of hydrogen-bond donors (Lipinski definition) is 1. The van der Waals surface area contributed by atoms with Gasteiger partial charge in [0.1, 0.15) is 16.7 Å². The lowest BCUT2D eigenvalue weighted by molar-refractivity contribution is 0.463. The normalized spacial score (nSPS) is 9.12. The van der Waals surface area contributed by atoms with Crippen LogP contribution in [0.15, 0.2) is 85.2 Å². The minimum absolute atomic E-state index is 0.189. The highest BCUT2D eigenvalue weighted by atomic mass is 35.5. The molecule has 0 amide bonds. The van der Waals surface area contributed by atoms with E-state index in [1.807, 2.05) is 12.1 Å². The number of ether oxygens (including phenoxy) is 1. The molecule has 0 aliphatic rings. The van der Waals surface area contributed by atoms with Crippen LogP contribution in [0.1, 0.15) is 11.1 Å². The second kappa shape index (κ2) is 13.6. The predicted octanol–water partition coefficient (Wildman–Crippen LogP) is 7.05. The molecule has 0 spiro atoms. The van der Waals surface area contributed by atoms with Crippen LogP contribution in [0.4, 0.5) is 0 Å². The van der Waals surface area contributed by atoms with Gasteiger partial charge in [0.05, 0.1) is 33.3 Å². The number of halogens is 3. The first-order valence-electron chi connectivity index (χ1n) is 9.15. The third-order valence-corrected chi connectivity index (χ3v) is 4.26. The van der Waals surface area contributed by atoms with E-state index in [4.69, 9.17) is 55.2 Å². The quantitative estimate of drug-likeness (QED) is 0.298. The number of nitriles is 2. The molecule has 9 heteroatoms. The Hall–Kier alpha value is -3.81. The van der Waals surface area contributed by atoms with Gasteiger partial charge in [-0.15, -0.1) is 0 Å². The third kappa shape index (κ3) is 9.90. The van der Waals surface area contributed by atoms with E-state index in [0.29, 0.717) is 38.0 Å². The Labute approximate surface area is 205 Å². The summed E-state index contributed by atoms with van der Waals surface area (Å²) in [7, 11) is 0. The van der Waals surface area contributed by atoms with Gasteiger partial charge in [0.15, 0.2) is 0 Å². The summed E-state index contributed by atoms with van der Waals surface area (Å²) < 4.78 is 5.45. The van der Waals surface area contributed by atoms with E-state index in [2.05, 4.69) is 9.97 Å². The minimum Gasteiger partial charge on any atom is -0.508 e. The molecule has 2 aromatic carbocycles. The van der Waals surface area contributed by atoms with Crippen LogP contribution < -0.4 is 4.74 Å². The molecule has 0 bridgehead atoms. The average Bonchev–Trinajstić information content (AvgIpc) is 2.84. The number of benzene rings is 2. The van der Waals surface area contributed by atoms with Crippen LogP contribution in [0.2, 0.25) is 15.2 Å². The SMILES string of the molecule is Clc1ccc(Cl)nc1.N#Cc1ccc(O)cc1.N#Cc1ccc(Oc2ccc(Cl)cn2)cc1. The molecule has 2 aromatic heterocycles. The second-order valence-corrected chi connectivity index (χ2v) is 7.27. The molecule has 1 N–H and O–H groups in total. The maximum atomic E-state index is 8.74. The van der Waals surface area contributed by atoms with Crippen LogP contribution in [-0.4, -0.2) is 15.1 Å². The van der Waals surface area contributed by atoms with Gasteiger partial charge in [-0.25, -0.2) is 9.97 Å². The van der Waals surface area contributed by atoms with Crippen molar-refractivity contribution < 1.29 is 9.84 Å². The van der Waals surface area contributed by atoms with E-state index in [9.17, 15) is 0 Å². The topological polar surface area (TPSA) is 103 Å². The van der Waals surface area contributed by atoms with Crippen molar-refractivity contribution in [3.05, 3.63) is 112 Å². The first kappa shape index (κ1) is 25.5. The van der Waals surface area contributed by atoms with Crippen molar-refractivity contribution in [1.82, 2.24) is 9.97 Å². The number of phenolic OH excluding ortho intramolecular Hbond substituents is 1. The number of hydrogen-bond acceptors (Lipinski definition) is 6. The third-order valence-electron chi connectivity index (χ3n) is 3.59. The lowest BCUT2D eigenvalue weighted by Crippen LogP contribution is -1.87. The van der Waals surface area contributed by atoms with Crippen LogP contribution >= 0.6 is 34.8 Å². The highest BCUT2D eigenvalue weighted by Crippen LogP contribution is 2.20. The molecule has 2 heterocycles. The summed E-state index contributed by atoms with van der Waals surface area (Å²) in [4.78, 5) is 7.71. The van der Waals surface area contributed by atoms with E-state index in [1.165, 1.54) is 24.5 Å². The molecular formula is C24H15Cl3N4O2. The standard InChI is InChI=1S/C12H7ClN2O.C7H5NO.C5H3Cl2N/c13-10-3-6-12(15-8-10)16-11-4-1-9(7-14)2-5-11;8-5-6-1-3-7(9)4-2-6;6-4-1-2-5(7)8-3-4/h1-6,8H;1-4,9H;1-3H. The van der Waals surface area contributed by atoms with Crippen molar-refractivity contribution >= 4 is 34.8 Å². The molecule has 0 saturated carbocycles. The van der Waals surface area contributed by atoms with Crippen molar-refractivity contribution in [2.75, 3.05) is 0 Å². The van der Waals surface area contributed by atoms with Gasteiger partial charge < -0.3 is 9.84 Å². The fraction of sp³-hybridized carbons (Fsp3) is 0. The molecule has 164 valence electrons.